The summed E-state index contributed by atoms with van der Waals surface area (Å²) in [6.45, 7) is 0.0907. The lowest BCUT2D eigenvalue weighted by atomic mass is 10.0. The molecule has 0 radical (unpaired) electrons. The fraction of sp³-hybridized carbons (Fsp3) is 0.222. The molecule has 66 valence electrons. The number of halogens is 1. The minimum Gasteiger partial charge on any atom is -0.490 e. The van der Waals surface area contributed by atoms with Crippen molar-refractivity contribution in [1.29, 1.82) is 5.26 Å². The number of rotatable bonds is 0. The summed E-state index contributed by atoms with van der Waals surface area (Å²) in [5.74, 6) is -0.226. The van der Waals surface area contributed by atoms with Crippen LogP contribution >= 0.6 is 0 Å². The number of nitriles is 1. The molecule has 0 aromatic heterocycles. The van der Waals surface area contributed by atoms with Gasteiger partial charge in [0.05, 0.1) is 5.56 Å². The summed E-state index contributed by atoms with van der Waals surface area (Å²) in [5, 5.41) is 18.0. The molecule has 1 aliphatic rings. The van der Waals surface area contributed by atoms with Gasteiger partial charge in [0.2, 0.25) is 0 Å². The first-order valence-electron chi connectivity index (χ1n) is 3.77. The van der Waals surface area contributed by atoms with Crippen molar-refractivity contribution in [2.75, 3.05) is 6.61 Å². The van der Waals surface area contributed by atoms with Crippen LogP contribution in [0.15, 0.2) is 12.1 Å². The zero-order chi connectivity index (χ0) is 9.42. The SMILES string of the molecule is N#Cc1c(F)ccc2c1[C@@H](O)CO2. The van der Waals surface area contributed by atoms with Gasteiger partial charge in [-0.05, 0) is 12.1 Å². The average molecular weight is 179 g/mol. The second-order valence-electron chi connectivity index (χ2n) is 2.77. The maximum absolute atomic E-state index is 13.0. The van der Waals surface area contributed by atoms with Crippen LogP contribution in [0.25, 0.3) is 0 Å². The third-order valence-electron chi connectivity index (χ3n) is 2.00. The molecule has 0 unspecified atom stereocenters. The lowest BCUT2D eigenvalue weighted by Crippen LogP contribution is -2.00. The van der Waals surface area contributed by atoms with Crippen molar-refractivity contribution in [1.82, 2.24) is 0 Å². The van der Waals surface area contributed by atoms with Gasteiger partial charge in [-0.1, -0.05) is 0 Å². The molecule has 0 bridgehead atoms. The zero-order valence-corrected chi connectivity index (χ0v) is 6.62. The van der Waals surface area contributed by atoms with Crippen molar-refractivity contribution < 1.29 is 14.2 Å². The van der Waals surface area contributed by atoms with Gasteiger partial charge < -0.3 is 9.84 Å². The highest BCUT2D eigenvalue weighted by Crippen LogP contribution is 2.35. The predicted octanol–water partition coefficient (Wildman–Crippen LogP) is 1.12. The summed E-state index contributed by atoms with van der Waals surface area (Å²) < 4.78 is 18.1. The molecular weight excluding hydrogens is 173 g/mol. The number of hydrogen-bond donors (Lipinski definition) is 1. The molecule has 13 heavy (non-hydrogen) atoms. The zero-order valence-electron chi connectivity index (χ0n) is 6.62. The molecule has 1 N–H and O–H groups in total. The summed E-state index contributed by atoms with van der Waals surface area (Å²) in [6.07, 6.45) is -0.889. The maximum Gasteiger partial charge on any atom is 0.141 e. The van der Waals surface area contributed by atoms with Crippen LogP contribution in [-0.2, 0) is 0 Å². The Morgan fingerprint density at radius 1 is 1.62 bits per heavy atom. The Morgan fingerprint density at radius 3 is 3.08 bits per heavy atom. The normalized spacial score (nSPS) is 19.0. The van der Waals surface area contributed by atoms with Gasteiger partial charge in [-0.15, -0.1) is 0 Å². The molecule has 1 atom stereocenters. The smallest absolute Gasteiger partial charge is 0.141 e. The van der Waals surface area contributed by atoms with Gasteiger partial charge in [0.1, 0.15) is 30.3 Å². The molecular formula is C9H6FNO2. The van der Waals surface area contributed by atoms with E-state index in [9.17, 15) is 9.50 Å². The predicted molar refractivity (Wildman–Crippen MR) is 41.6 cm³/mol. The van der Waals surface area contributed by atoms with Gasteiger partial charge in [-0.2, -0.15) is 5.26 Å². The molecule has 2 rings (SSSR count). The maximum atomic E-state index is 13.0. The topological polar surface area (TPSA) is 53.2 Å². The van der Waals surface area contributed by atoms with Crippen LogP contribution in [-0.4, -0.2) is 11.7 Å². The Kier molecular flexibility index (Phi) is 1.67. The van der Waals surface area contributed by atoms with Crippen LogP contribution < -0.4 is 4.74 Å². The number of fused-ring (bicyclic) bond motifs is 1. The van der Waals surface area contributed by atoms with Crippen molar-refractivity contribution in [2.24, 2.45) is 0 Å². The van der Waals surface area contributed by atoms with Gasteiger partial charge in [0.25, 0.3) is 0 Å². The third kappa shape index (κ3) is 1.05. The monoisotopic (exact) mass is 179 g/mol. The first-order valence-corrected chi connectivity index (χ1v) is 3.77. The fourth-order valence-corrected chi connectivity index (χ4v) is 1.40. The largest absolute Gasteiger partial charge is 0.490 e. The number of benzene rings is 1. The van der Waals surface area contributed by atoms with Crippen molar-refractivity contribution in [2.45, 2.75) is 6.10 Å². The van der Waals surface area contributed by atoms with E-state index in [2.05, 4.69) is 0 Å². The average Bonchev–Trinajstić information content (AvgIpc) is 2.49. The minimum absolute atomic E-state index is 0.0907. The van der Waals surface area contributed by atoms with E-state index in [4.69, 9.17) is 10.00 Å². The van der Waals surface area contributed by atoms with Crippen LogP contribution in [0.5, 0.6) is 5.75 Å². The van der Waals surface area contributed by atoms with Crippen LogP contribution in [0.4, 0.5) is 4.39 Å². The third-order valence-corrected chi connectivity index (χ3v) is 2.00. The van der Waals surface area contributed by atoms with E-state index in [1.165, 1.54) is 6.07 Å². The summed E-state index contributed by atoms with van der Waals surface area (Å²) in [5.41, 5.74) is 0.144. The van der Waals surface area contributed by atoms with Crippen molar-refractivity contribution >= 4 is 0 Å². The molecule has 1 aromatic carbocycles. The van der Waals surface area contributed by atoms with Gasteiger partial charge >= 0.3 is 0 Å². The van der Waals surface area contributed by atoms with Crippen molar-refractivity contribution in [3.8, 4) is 11.8 Å². The molecule has 3 nitrogen and oxygen atoms in total. The summed E-state index contributed by atoms with van der Waals surface area (Å²) in [6, 6.07) is 4.29. The number of hydrogen-bond acceptors (Lipinski definition) is 3. The van der Waals surface area contributed by atoms with Gasteiger partial charge in [-0.25, -0.2) is 4.39 Å². The quantitative estimate of drug-likeness (QED) is 0.649. The molecule has 0 saturated heterocycles. The highest BCUT2D eigenvalue weighted by Gasteiger charge is 2.27. The van der Waals surface area contributed by atoms with Crippen LogP contribution in [0.3, 0.4) is 0 Å². The van der Waals surface area contributed by atoms with E-state index in [1.54, 1.807) is 6.07 Å². The van der Waals surface area contributed by atoms with Crippen molar-refractivity contribution in [3.05, 3.63) is 29.1 Å². The molecule has 1 aliphatic heterocycles. The molecule has 1 heterocycles. The number of aliphatic hydroxyl groups excluding tert-OH is 1. The van der Waals surface area contributed by atoms with E-state index in [1.807, 2.05) is 0 Å². The second kappa shape index (κ2) is 2.71. The first kappa shape index (κ1) is 8.02. The first-order chi connectivity index (χ1) is 6.24. The van der Waals surface area contributed by atoms with E-state index in [0.29, 0.717) is 5.75 Å². The summed E-state index contributed by atoms with van der Waals surface area (Å²) >= 11 is 0. The van der Waals surface area contributed by atoms with Gasteiger partial charge in [0.15, 0.2) is 0 Å². The fourth-order valence-electron chi connectivity index (χ4n) is 1.40. The summed E-state index contributed by atoms with van der Waals surface area (Å²) in [7, 11) is 0. The Labute approximate surface area is 74.0 Å². The minimum atomic E-state index is -0.889. The molecule has 1 aromatic rings. The second-order valence-corrected chi connectivity index (χ2v) is 2.77. The Balaban J connectivity index is 2.69. The van der Waals surface area contributed by atoms with Gasteiger partial charge in [0, 0.05) is 5.56 Å². The van der Waals surface area contributed by atoms with Crippen LogP contribution in [0.1, 0.15) is 17.2 Å². The molecule has 0 aliphatic carbocycles. The standard InChI is InChI=1S/C9H6FNO2/c10-6-1-2-8-9(5(6)3-11)7(12)4-13-8/h1-2,7,12H,4H2/t7-/m0/s1. The summed E-state index contributed by atoms with van der Waals surface area (Å²) in [4.78, 5) is 0. The Hall–Kier alpha value is -1.60. The number of aliphatic hydroxyl groups is 1. The van der Waals surface area contributed by atoms with Crippen molar-refractivity contribution in [3.63, 3.8) is 0 Å². The van der Waals surface area contributed by atoms with E-state index in [0.717, 1.165) is 6.07 Å². The highest BCUT2D eigenvalue weighted by molar-refractivity contribution is 5.50. The molecule has 4 heteroatoms. The van der Waals surface area contributed by atoms with Crippen LogP contribution in [0.2, 0.25) is 0 Å². The molecule has 0 fully saturated rings. The lowest BCUT2D eigenvalue weighted by molar-refractivity contribution is 0.140. The Morgan fingerprint density at radius 2 is 2.38 bits per heavy atom. The molecule has 0 spiro atoms. The lowest BCUT2D eigenvalue weighted by Gasteiger charge is -2.02. The van der Waals surface area contributed by atoms with Gasteiger partial charge in [-0.3, -0.25) is 0 Å². The highest BCUT2D eigenvalue weighted by atomic mass is 19.1. The number of ether oxygens (including phenoxy) is 1. The Bertz CT molecular complexity index is 397. The van der Waals surface area contributed by atoms with Crippen LogP contribution in [0, 0.1) is 17.1 Å². The van der Waals surface area contributed by atoms with E-state index < -0.39 is 11.9 Å². The molecule has 0 saturated carbocycles. The number of nitrogens with zero attached hydrogens (tertiary/aromatic N) is 1. The molecule has 0 amide bonds. The van der Waals surface area contributed by atoms with E-state index >= 15 is 0 Å². The van der Waals surface area contributed by atoms with E-state index in [-0.39, 0.29) is 17.7 Å².